The molecule has 7 rings (SSSR count). The fourth-order valence-electron chi connectivity index (χ4n) is 6.56. The molecule has 2 atom stereocenters. The van der Waals surface area contributed by atoms with E-state index in [2.05, 4.69) is 33.0 Å². The maximum absolute atomic E-state index is 16.8. The van der Waals surface area contributed by atoms with Gasteiger partial charge in [-0.15, -0.1) is 6.42 Å². The first-order chi connectivity index (χ1) is 19.4. The monoisotopic (exact) mass is 537 g/mol. The number of halogens is 1. The van der Waals surface area contributed by atoms with E-state index in [9.17, 15) is 5.11 Å². The molecule has 2 unspecified atom stereocenters. The fourth-order valence-corrected chi connectivity index (χ4v) is 6.56. The molecule has 2 aromatic heterocycles. The SMILES string of the molecule is C#Cc1cccc2cc(O)cc(-c3nc(C)c4c(N5CC6CCC(C5)N6)nc(N5CCN(C)CC5)nc4c3F)c12. The minimum absolute atomic E-state index is 0.0217. The number of nitrogens with zero attached hydrogens (tertiary/aromatic N) is 6. The summed E-state index contributed by atoms with van der Waals surface area (Å²) in [6, 6.07) is 9.48. The van der Waals surface area contributed by atoms with Crippen LogP contribution in [0.15, 0.2) is 30.3 Å². The molecule has 5 heterocycles. The van der Waals surface area contributed by atoms with Crippen molar-refractivity contribution in [3.8, 4) is 29.4 Å². The van der Waals surface area contributed by atoms with Crippen molar-refractivity contribution >= 4 is 33.4 Å². The normalized spacial score (nSPS) is 21.4. The molecule has 0 aliphatic carbocycles. The van der Waals surface area contributed by atoms with Crippen LogP contribution in [0, 0.1) is 25.1 Å². The van der Waals surface area contributed by atoms with Crippen LogP contribution in [-0.4, -0.2) is 83.4 Å². The van der Waals surface area contributed by atoms with Crippen LogP contribution < -0.4 is 15.1 Å². The predicted molar refractivity (Wildman–Crippen MR) is 156 cm³/mol. The average molecular weight is 538 g/mol. The van der Waals surface area contributed by atoms with Crippen molar-refractivity contribution in [3.05, 3.63) is 47.4 Å². The van der Waals surface area contributed by atoms with Gasteiger partial charge in [-0.3, -0.25) is 0 Å². The first-order valence-electron chi connectivity index (χ1n) is 13.9. The molecule has 3 fully saturated rings. The lowest BCUT2D eigenvalue weighted by Crippen LogP contribution is -2.51. The van der Waals surface area contributed by atoms with Crippen LogP contribution >= 0.6 is 0 Å². The van der Waals surface area contributed by atoms with Gasteiger partial charge in [-0.05, 0) is 50.4 Å². The van der Waals surface area contributed by atoms with Gasteiger partial charge in [-0.25, -0.2) is 14.4 Å². The lowest BCUT2D eigenvalue weighted by Gasteiger charge is -2.36. The zero-order chi connectivity index (χ0) is 27.5. The Bertz CT molecular complexity index is 1680. The van der Waals surface area contributed by atoms with Crippen LogP contribution in [0.5, 0.6) is 5.75 Å². The van der Waals surface area contributed by atoms with Crippen molar-refractivity contribution in [2.45, 2.75) is 31.8 Å². The van der Waals surface area contributed by atoms with Crippen molar-refractivity contribution in [1.82, 2.24) is 25.2 Å². The lowest BCUT2D eigenvalue weighted by molar-refractivity contribution is 0.311. The molecule has 2 bridgehead atoms. The van der Waals surface area contributed by atoms with E-state index in [0.29, 0.717) is 45.6 Å². The molecule has 0 spiro atoms. The molecule has 204 valence electrons. The van der Waals surface area contributed by atoms with Gasteiger partial charge < -0.3 is 25.1 Å². The number of aromatic nitrogens is 3. The molecule has 4 aromatic rings. The summed E-state index contributed by atoms with van der Waals surface area (Å²) in [6.45, 7) is 6.85. The number of phenols is 1. The quantitative estimate of drug-likeness (QED) is 0.384. The second-order valence-corrected chi connectivity index (χ2v) is 11.3. The van der Waals surface area contributed by atoms with Crippen molar-refractivity contribution in [1.29, 1.82) is 0 Å². The van der Waals surface area contributed by atoms with Crippen molar-refractivity contribution in [2.75, 3.05) is 56.1 Å². The molecule has 3 saturated heterocycles. The number of aryl methyl sites for hydroxylation is 1. The van der Waals surface area contributed by atoms with Gasteiger partial charge in [-0.2, -0.15) is 4.98 Å². The third kappa shape index (κ3) is 4.10. The largest absolute Gasteiger partial charge is 0.508 e. The Morgan fingerprint density at radius 1 is 1.00 bits per heavy atom. The van der Waals surface area contributed by atoms with E-state index in [-0.39, 0.29) is 17.0 Å². The third-order valence-corrected chi connectivity index (χ3v) is 8.61. The van der Waals surface area contributed by atoms with Crippen LogP contribution in [0.1, 0.15) is 24.1 Å². The summed E-state index contributed by atoms with van der Waals surface area (Å²) in [4.78, 5) is 21.5. The summed E-state index contributed by atoms with van der Waals surface area (Å²) in [5, 5.41) is 16.3. The summed E-state index contributed by atoms with van der Waals surface area (Å²) in [5.41, 5.74) is 2.09. The number of benzene rings is 2. The zero-order valence-corrected chi connectivity index (χ0v) is 22.8. The molecule has 3 aliphatic rings. The molecule has 0 saturated carbocycles. The lowest BCUT2D eigenvalue weighted by atomic mass is 9.96. The topological polar surface area (TPSA) is 80.7 Å². The Morgan fingerprint density at radius 3 is 2.48 bits per heavy atom. The molecule has 9 heteroatoms. The number of likely N-dealkylation sites (N-methyl/N-ethyl adjacent to an activating group) is 1. The van der Waals surface area contributed by atoms with Gasteiger partial charge in [0.05, 0.1) is 11.1 Å². The molecule has 3 aliphatic heterocycles. The Balaban J connectivity index is 1.47. The van der Waals surface area contributed by atoms with E-state index in [1.54, 1.807) is 6.07 Å². The molecule has 2 N–H and O–H groups in total. The highest BCUT2D eigenvalue weighted by atomic mass is 19.1. The number of hydrogen-bond donors (Lipinski definition) is 2. The van der Waals surface area contributed by atoms with Crippen LogP contribution in [0.2, 0.25) is 0 Å². The van der Waals surface area contributed by atoms with Crippen LogP contribution in [-0.2, 0) is 0 Å². The number of phenolic OH excluding ortho intramolecular Hbond substituents is 1. The van der Waals surface area contributed by atoms with E-state index in [4.69, 9.17) is 21.4 Å². The van der Waals surface area contributed by atoms with Gasteiger partial charge in [0.15, 0.2) is 5.82 Å². The van der Waals surface area contributed by atoms with Gasteiger partial charge in [0.2, 0.25) is 5.95 Å². The van der Waals surface area contributed by atoms with Gasteiger partial charge in [0, 0.05) is 67.9 Å². The molecule has 2 aromatic carbocycles. The first kappa shape index (κ1) is 25.0. The van der Waals surface area contributed by atoms with Gasteiger partial charge in [0.1, 0.15) is 22.8 Å². The van der Waals surface area contributed by atoms with Gasteiger partial charge in [0.25, 0.3) is 0 Å². The number of pyridine rings is 1. The minimum Gasteiger partial charge on any atom is -0.508 e. The number of aromatic hydroxyl groups is 1. The highest BCUT2D eigenvalue weighted by Gasteiger charge is 2.35. The summed E-state index contributed by atoms with van der Waals surface area (Å²) in [6.07, 6.45) is 8.10. The highest BCUT2D eigenvalue weighted by Crippen LogP contribution is 2.40. The van der Waals surface area contributed by atoms with E-state index in [1.165, 1.54) is 6.07 Å². The molecular weight excluding hydrogens is 505 g/mol. The van der Waals surface area contributed by atoms with Gasteiger partial charge in [-0.1, -0.05) is 18.1 Å². The third-order valence-electron chi connectivity index (χ3n) is 8.61. The van der Waals surface area contributed by atoms with Crippen LogP contribution in [0.3, 0.4) is 0 Å². The standard InChI is InChI=1S/C31H32FN7O/c1-4-19-6-5-7-20-14-23(40)15-24(26(19)20)28-27(32)29-25(18(2)33-28)30(39-16-21-8-9-22(17-39)34-21)36-31(35-29)38-12-10-37(3)11-13-38/h1,5-7,14-15,21-22,34,40H,8-13,16-17H2,2-3H3. The van der Waals surface area contributed by atoms with Crippen molar-refractivity contribution in [3.63, 3.8) is 0 Å². The Labute approximate surface area is 232 Å². The summed E-state index contributed by atoms with van der Waals surface area (Å²) >= 11 is 0. The van der Waals surface area contributed by atoms with E-state index < -0.39 is 5.82 Å². The second kappa shape index (κ2) is 9.58. The first-order valence-corrected chi connectivity index (χ1v) is 13.9. The molecule has 8 nitrogen and oxygen atoms in total. The number of piperazine rings is 2. The summed E-state index contributed by atoms with van der Waals surface area (Å²) in [5.74, 6) is 3.49. The molecule has 40 heavy (non-hydrogen) atoms. The van der Waals surface area contributed by atoms with Crippen molar-refractivity contribution in [2.24, 2.45) is 0 Å². The maximum atomic E-state index is 16.8. The predicted octanol–water partition coefficient (Wildman–Crippen LogP) is 3.67. The summed E-state index contributed by atoms with van der Waals surface area (Å²) in [7, 11) is 2.10. The van der Waals surface area contributed by atoms with E-state index in [0.717, 1.165) is 63.3 Å². The van der Waals surface area contributed by atoms with Gasteiger partial charge >= 0.3 is 0 Å². The Kier molecular flexibility index (Phi) is 5.99. The highest BCUT2D eigenvalue weighted by molar-refractivity contribution is 6.03. The average Bonchev–Trinajstić information content (AvgIpc) is 3.30. The number of hydrogen-bond acceptors (Lipinski definition) is 8. The summed E-state index contributed by atoms with van der Waals surface area (Å²) < 4.78 is 16.8. The molecule has 0 amide bonds. The van der Waals surface area contributed by atoms with Crippen LogP contribution in [0.25, 0.3) is 32.9 Å². The Morgan fingerprint density at radius 2 is 1.75 bits per heavy atom. The number of rotatable bonds is 3. The van der Waals surface area contributed by atoms with E-state index >= 15 is 4.39 Å². The number of fused-ring (bicyclic) bond motifs is 4. The smallest absolute Gasteiger partial charge is 0.228 e. The number of anilines is 2. The second-order valence-electron chi connectivity index (χ2n) is 11.3. The van der Waals surface area contributed by atoms with E-state index in [1.807, 2.05) is 25.1 Å². The molecular formula is C31H32FN7O. The maximum Gasteiger partial charge on any atom is 0.228 e. The molecule has 0 radical (unpaired) electrons. The fraction of sp³-hybridized carbons (Fsp3) is 0.387. The van der Waals surface area contributed by atoms with Crippen LogP contribution in [0.4, 0.5) is 16.2 Å². The van der Waals surface area contributed by atoms with Crippen molar-refractivity contribution < 1.29 is 9.50 Å². The zero-order valence-electron chi connectivity index (χ0n) is 22.8. The number of terminal acetylenes is 1. The number of nitrogens with one attached hydrogen (secondary N) is 1. The Hall–Kier alpha value is -4.00. The minimum atomic E-state index is -0.531.